The summed E-state index contributed by atoms with van der Waals surface area (Å²) in [6.45, 7) is 2.95. The molecule has 2 bridgehead atoms. The molecule has 0 N–H and O–H groups in total. The molecule has 0 saturated carbocycles. The van der Waals surface area contributed by atoms with Crippen LogP contribution in [0.3, 0.4) is 0 Å². The van der Waals surface area contributed by atoms with Gasteiger partial charge in [0, 0.05) is 24.8 Å². The molecule has 6 heterocycles. The zero-order valence-corrected chi connectivity index (χ0v) is 15.3. The summed E-state index contributed by atoms with van der Waals surface area (Å²) in [4.78, 5) is 19.9. The van der Waals surface area contributed by atoms with Gasteiger partial charge in [-0.1, -0.05) is 0 Å². The molecule has 150 valence electrons. The minimum atomic E-state index is -4.58. The maximum absolute atomic E-state index is 12.9. The van der Waals surface area contributed by atoms with E-state index < -0.39 is 17.8 Å². The normalized spacial score (nSPS) is 21.4. The highest BCUT2D eigenvalue weighted by atomic mass is 19.4. The Hall–Kier alpha value is -3.24. The highest BCUT2D eigenvalue weighted by Gasteiger charge is 2.48. The lowest BCUT2D eigenvalue weighted by Gasteiger charge is -2.56. The van der Waals surface area contributed by atoms with Gasteiger partial charge in [-0.05, 0) is 37.6 Å². The highest BCUT2D eigenvalue weighted by molar-refractivity contribution is 5.95. The summed E-state index contributed by atoms with van der Waals surface area (Å²) in [6, 6.07) is 5.71. The van der Waals surface area contributed by atoms with Crippen LogP contribution in [-0.4, -0.2) is 60.8 Å². The Morgan fingerprint density at radius 3 is 2.62 bits per heavy atom. The van der Waals surface area contributed by atoms with Gasteiger partial charge in [0.1, 0.15) is 11.5 Å². The molecule has 0 aromatic carbocycles. The van der Waals surface area contributed by atoms with Gasteiger partial charge in [0.15, 0.2) is 11.5 Å². The number of rotatable bonds is 2. The number of aromatic nitrogens is 5. The number of fused-ring (bicyclic) bond motifs is 3. The molecular formula is C18H16F3N7O. The standard InChI is InChI=1S/C18H16F3N7O/c1-10-23-24-15-2-3-16(25-28(10)15)26-8-12-7-13(9-26)27(12)17(29)11-4-5-22-14(6-11)18(19,20)21/h2-6,12-13H,7-9H2,1H3. The van der Waals surface area contributed by atoms with E-state index in [0.29, 0.717) is 24.6 Å². The van der Waals surface area contributed by atoms with Crippen LogP contribution in [0.4, 0.5) is 19.0 Å². The van der Waals surface area contributed by atoms with E-state index in [9.17, 15) is 18.0 Å². The average Bonchev–Trinajstić information content (AvgIpc) is 3.08. The van der Waals surface area contributed by atoms with Crippen LogP contribution in [0.15, 0.2) is 30.5 Å². The van der Waals surface area contributed by atoms with Gasteiger partial charge in [-0.2, -0.15) is 17.7 Å². The molecule has 3 aromatic rings. The molecule has 3 aromatic heterocycles. The predicted molar refractivity (Wildman–Crippen MR) is 95.3 cm³/mol. The van der Waals surface area contributed by atoms with Crippen molar-refractivity contribution in [1.82, 2.24) is 29.7 Å². The van der Waals surface area contributed by atoms with Crippen molar-refractivity contribution in [3.63, 3.8) is 0 Å². The van der Waals surface area contributed by atoms with Gasteiger partial charge in [0.25, 0.3) is 5.91 Å². The number of hydrogen-bond acceptors (Lipinski definition) is 6. The molecular weight excluding hydrogens is 387 g/mol. The lowest BCUT2D eigenvalue weighted by Crippen LogP contribution is -2.70. The lowest BCUT2D eigenvalue weighted by molar-refractivity contribution is -0.141. The first-order valence-electron chi connectivity index (χ1n) is 9.11. The maximum Gasteiger partial charge on any atom is 0.433 e. The molecule has 29 heavy (non-hydrogen) atoms. The third-order valence-corrected chi connectivity index (χ3v) is 5.45. The van der Waals surface area contributed by atoms with Gasteiger partial charge in [0.2, 0.25) is 0 Å². The molecule has 1 amide bonds. The number of anilines is 1. The number of carbonyl (C=O) groups excluding carboxylic acids is 1. The van der Waals surface area contributed by atoms with E-state index in [4.69, 9.17) is 0 Å². The molecule has 6 rings (SSSR count). The van der Waals surface area contributed by atoms with Crippen LogP contribution in [-0.2, 0) is 6.18 Å². The fourth-order valence-corrected chi connectivity index (χ4v) is 4.05. The van der Waals surface area contributed by atoms with Crippen LogP contribution in [0, 0.1) is 6.92 Å². The van der Waals surface area contributed by atoms with Crippen molar-refractivity contribution in [2.75, 3.05) is 18.0 Å². The van der Waals surface area contributed by atoms with E-state index in [2.05, 4.69) is 25.2 Å². The third kappa shape index (κ3) is 2.88. The topological polar surface area (TPSA) is 79.5 Å². The number of hydrogen-bond donors (Lipinski definition) is 0. The fourth-order valence-electron chi connectivity index (χ4n) is 4.05. The van der Waals surface area contributed by atoms with Crippen LogP contribution in [0.5, 0.6) is 0 Å². The molecule has 2 unspecified atom stereocenters. The van der Waals surface area contributed by atoms with Crippen molar-refractivity contribution in [3.05, 3.63) is 47.5 Å². The number of piperidine rings is 1. The average molecular weight is 403 g/mol. The second-order valence-corrected chi connectivity index (χ2v) is 7.30. The Morgan fingerprint density at radius 1 is 1.14 bits per heavy atom. The van der Waals surface area contributed by atoms with Crippen LogP contribution < -0.4 is 4.90 Å². The van der Waals surface area contributed by atoms with E-state index in [1.54, 1.807) is 9.42 Å². The number of nitrogens with zero attached hydrogens (tertiary/aromatic N) is 7. The number of alkyl halides is 3. The highest BCUT2D eigenvalue weighted by Crippen LogP contribution is 2.36. The van der Waals surface area contributed by atoms with Crippen LogP contribution in [0.1, 0.15) is 28.3 Å². The van der Waals surface area contributed by atoms with Crippen molar-refractivity contribution < 1.29 is 18.0 Å². The number of amides is 1. The summed E-state index contributed by atoms with van der Waals surface area (Å²) < 4.78 is 40.4. The van der Waals surface area contributed by atoms with Gasteiger partial charge >= 0.3 is 6.18 Å². The third-order valence-electron chi connectivity index (χ3n) is 5.45. The number of pyridine rings is 1. The van der Waals surface area contributed by atoms with E-state index in [1.807, 2.05) is 19.1 Å². The summed E-state index contributed by atoms with van der Waals surface area (Å²) in [5.41, 5.74) is -0.393. The molecule has 8 nitrogen and oxygen atoms in total. The van der Waals surface area contributed by atoms with Crippen molar-refractivity contribution in [1.29, 1.82) is 0 Å². The van der Waals surface area contributed by atoms with Gasteiger partial charge in [0.05, 0.1) is 12.1 Å². The minimum Gasteiger partial charge on any atom is -0.351 e. The van der Waals surface area contributed by atoms with Gasteiger partial charge in [-0.25, -0.2) is 0 Å². The first-order valence-corrected chi connectivity index (χ1v) is 9.11. The quantitative estimate of drug-likeness (QED) is 0.651. The Kier molecular flexibility index (Phi) is 3.77. The summed E-state index contributed by atoms with van der Waals surface area (Å²) in [5, 5.41) is 12.6. The SMILES string of the molecule is Cc1nnc2ccc(N3CC4CC(C3)N4C(=O)c3ccnc(C(F)(F)F)c3)nn12. The lowest BCUT2D eigenvalue weighted by atomic mass is 9.86. The molecule has 2 atom stereocenters. The van der Waals surface area contributed by atoms with E-state index in [1.165, 1.54) is 6.07 Å². The van der Waals surface area contributed by atoms with E-state index in [0.717, 1.165) is 24.5 Å². The van der Waals surface area contributed by atoms with Crippen molar-refractivity contribution >= 4 is 17.4 Å². The summed E-state index contributed by atoms with van der Waals surface area (Å²) >= 11 is 0. The Labute approximate surface area is 163 Å². The summed E-state index contributed by atoms with van der Waals surface area (Å²) in [6.07, 6.45) is -2.73. The zero-order valence-electron chi connectivity index (χ0n) is 15.3. The van der Waals surface area contributed by atoms with E-state index in [-0.39, 0.29) is 17.6 Å². The Bertz CT molecular complexity index is 1100. The zero-order chi connectivity index (χ0) is 20.3. The first kappa shape index (κ1) is 17.8. The number of halogens is 3. The van der Waals surface area contributed by atoms with Crippen LogP contribution in [0.2, 0.25) is 0 Å². The van der Waals surface area contributed by atoms with Crippen molar-refractivity contribution in [2.45, 2.75) is 31.6 Å². The van der Waals surface area contributed by atoms with Crippen LogP contribution in [0.25, 0.3) is 5.65 Å². The van der Waals surface area contributed by atoms with Gasteiger partial charge < -0.3 is 9.80 Å². The van der Waals surface area contributed by atoms with Crippen molar-refractivity contribution in [3.8, 4) is 0 Å². The summed E-state index contributed by atoms with van der Waals surface area (Å²) in [5.74, 6) is 1.04. The Morgan fingerprint density at radius 2 is 1.90 bits per heavy atom. The van der Waals surface area contributed by atoms with E-state index >= 15 is 0 Å². The monoisotopic (exact) mass is 403 g/mol. The molecule has 3 aliphatic rings. The smallest absolute Gasteiger partial charge is 0.351 e. The molecule has 3 saturated heterocycles. The van der Waals surface area contributed by atoms with Crippen LogP contribution >= 0.6 is 0 Å². The molecule has 0 spiro atoms. The molecule has 3 aliphatic heterocycles. The second-order valence-electron chi connectivity index (χ2n) is 7.30. The number of aryl methyl sites for hydroxylation is 1. The molecule has 3 fully saturated rings. The molecule has 0 aliphatic carbocycles. The number of carbonyl (C=O) groups is 1. The van der Waals surface area contributed by atoms with Gasteiger partial charge in [-0.3, -0.25) is 9.78 Å². The summed E-state index contributed by atoms with van der Waals surface area (Å²) in [7, 11) is 0. The molecule has 0 radical (unpaired) electrons. The fraction of sp³-hybridized carbons (Fsp3) is 0.389. The first-order chi connectivity index (χ1) is 13.8. The van der Waals surface area contributed by atoms with Crippen molar-refractivity contribution in [2.24, 2.45) is 0 Å². The minimum absolute atomic E-state index is 0.00938. The molecule has 11 heteroatoms. The Balaban J connectivity index is 1.35. The van der Waals surface area contributed by atoms with Gasteiger partial charge in [-0.15, -0.1) is 15.3 Å². The number of piperazine rings is 1. The maximum atomic E-state index is 12.9. The predicted octanol–water partition coefficient (Wildman–Crippen LogP) is 1.95. The largest absolute Gasteiger partial charge is 0.433 e. The second kappa shape index (κ2) is 6.13.